The van der Waals surface area contributed by atoms with Crippen LogP contribution in [-0.2, 0) is 11.3 Å². The molecule has 1 saturated carbocycles. The second-order valence-electron chi connectivity index (χ2n) is 9.14. The number of aromatic amines is 1. The number of amides is 1. The van der Waals surface area contributed by atoms with Crippen molar-refractivity contribution in [1.82, 2.24) is 20.0 Å². The minimum atomic E-state index is 0.0981. The number of rotatable bonds is 8. The lowest BCUT2D eigenvalue weighted by atomic mass is 10.1. The molecule has 0 bridgehead atoms. The first-order valence-electron chi connectivity index (χ1n) is 11.9. The SMILES string of the molecule is CCN1CCCC1CN(Cc1cn[nH]c1-c1ccccc1)C(=O)C1CC1c1ccccc1. The van der Waals surface area contributed by atoms with Crippen molar-refractivity contribution in [3.8, 4) is 11.3 Å². The van der Waals surface area contributed by atoms with Gasteiger partial charge in [0.1, 0.15) is 0 Å². The molecule has 1 aromatic heterocycles. The predicted molar refractivity (Wildman–Crippen MR) is 127 cm³/mol. The Morgan fingerprint density at radius 1 is 1.12 bits per heavy atom. The van der Waals surface area contributed by atoms with Gasteiger partial charge in [0, 0.05) is 30.6 Å². The lowest BCUT2D eigenvalue weighted by molar-refractivity contribution is -0.134. The van der Waals surface area contributed by atoms with Crippen molar-refractivity contribution < 1.29 is 4.79 Å². The summed E-state index contributed by atoms with van der Waals surface area (Å²) in [6.07, 6.45) is 5.23. The molecule has 2 fully saturated rings. The van der Waals surface area contributed by atoms with Crippen molar-refractivity contribution in [2.75, 3.05) is 19.6 Å². The topological polar surface area (TPSA) is 52.2 Å². The normalized spacial score (nSPS) is 22.7. The highest BCUT2D eigenvalue weighted by molar-refractivity contribution is 5.83. The van der Waals surface area contributed by atoms with E-state index < -0.39 is 0 Å². The van der Waals surface area contributed by atoms with Gasteiger partial charge in [-0.15, -0.1) is 0 Å². The van der Waals surface area contributed by atoms with E-state index in [4.69, 9.17) is 0 Å². The summed E-state index contributed by atoms with van der Waals surface area (Å²) in [5, 5.41) is 7.48. The molecule has 3 aromatic rings. The van der Waals surface area contributed by atoms with Gasteiger partial charge < -0.3 is 4.90 Å². The summed E-state index contributed by atoms with van der Waals surface area (Å²) in [6, 6.07) is 21.2. The number of aromatic nitrogens is 2. The number of hydrogen-bond acceptors (Lipinski definition) is 3. The number of carbonyl (C=O) groups excluding carboxylic acids is 1. The average Bonchev–Trinajstić information content (AvgIpc) is 3.28. The van der Waals surface area contributed by atoms with Crippen LogP contribution in [0.1, 0.15) is 43.2 Å². The minimum Gasteiger partial charge on any atom is -0.336 e. The number of likely N-dealkylation sites (tertiary alicyclic amines) is 1. The van der Waals surface area contributed by atoms with E-state index in [2.05, 4.69) is 63.3 Å². The molecule has 3 unspecified atom stereocenters. The monoisotopic (exact) mass is 428 g/mol. The zero-order chi connectivity index (χ0) is 21.9. The number of benzene rings is 2. The summed E-state index contributed by atoms with van der Waals surface area (Å²) in [5.74, 6) is 0.748. The highest BCUT2D eigenvalue weighted by Gasteiger charge is 2.46. The van der Waals surface area contributed by atoms with E-state index in [9.17, 15) is 4.79 Å². The third kappa shape index (κ3) is 4.35. The Labute approximate surface area is 190 Å². The predicted octanol–water partition coefficient (Wildman–Crippen LogP) is 4.69. The minimum absolute atomic E-state index is 0.0981. The first-order valence-corrected chi connectivity index (χ1v) is 11.9. The lowest BCUT2D eigenvalue weighted by Crippen LogP contribution is -2.43. The number of hydrogen-bond donors (Lipinski definition) is 1. The molecular formula is C27H32N4O. The molecule has 5 rings (SSSR count). The molecule has 1 amide bonds. The van der Waals surface area contributed by atoms with E-state index in [-0.39, 0.29) is 5.92 Å². The molecular weight excluding hydrogens is 396 g/mol. The van der Waals surface area contributed by atoms with Crippen molar-refractivity contribution in [3.63, 3.8) is 0 Å². The van der Waals surface area contributed by atoms with E-state index in [0.29, 0.717) is 24.4 Å². The summed E-state index contributed by atoms with van der Waals surface area (Å²) < 4.78 is 0. The summed E-state index contributed by atoms with van der Waals surface area (Å²) in [5.41, 5.74) is 4.49. The number of nitrogens with zero attached hydrogens (tertiary/aromatic N) is 3. The van der Waals surface area contributed by atoms with Crippen LogP contribution in [0, 0.1) is 5.92 Å². The fourth-order valence-corrected chi connectivity index (χ4v) is 5.27. The van der Waals surface area contributed by atoms with Gasteiger partial charge in [0.25, 0.3) is 0 Å². The van der Waals surface area contributed by atoms with Crippen LogP contribution in [0.5, 0.6) is 0 Å². The van der Waals surface area contributed by atoms with E-state index in [1.165, 1.54) is 18.4 Å². The molecule has 5 nitrogen and oxygen atoms in total. The van der Waals surface area contributed by atoms with Crippen LogP contribution in [-0.4, -0.2) is 51.6 Å². The Bertz CT molecular complexity index is 1030. The molecule has 1 N–H and O–H groups in total. The number of nitrogens with one attached hydrogen (secondary N) is 1. The molecule has 166 valence electrons. The maximum Gasteiger partial charge on any atom is 0.226 e. The maximum absolute atomic E-state index is 13.7. The van der Waals surface area contributed by atoms with Gasteiger partial charge in [-0.05, 0) is 49.4 Å². The molecule has 2 heterocycles. The fourth-order valence-electron chi connectivity index (χ4n) is 5.27. The molecule has 0 spiro atoms. The molecule has 3 atom stereocenters. The van der Waals surface area contributed by atoms with Crippen molar-refractivity contribution >= 4 is 5.91 Å². The molecule has 2 aromatic carbocycles. The highest BCUT2D eigenvalue weighted by atomic mass is 16.2. The Morgan fingerprint density at radius 2 is 1.88 bits per heavy atom. The van der Waals surface area contributed by atoms with Crippen LogP contribution in [0.25, 0.3) is 11.3 Å². The van der Waals surface area contributed by atoms with Gasteiger partial charge in [-0.3, -0.25) is 14.8 Å². The largest absolute Gasteiger partial charge is 0.336 e. The third-order valence-corrected chi connectivity index (χ3v) is 7.12. The lowest BCUT2D eigenvalue weighted by Gasteiger charge is -2.30. The van der Waals surface area contributed by atoms with Crippen LogP contribution < -0.4 is 0 Å². The fraction of sp³-hybridized carbons (Fsp3) is 0.407. The first-order chi connectivity index (χ1) is 15.7. The first kappa shape index (κ1) is 21.0. The van der Waals surface area contributed by atoms with Crippen LogP contribution in [0.4, 0.5) is 0 Å². The van der Waals surface area contributed by atoms with Crippen molar-refractivity contribution in [1.29, 1.82) is 0 Å². The smallest absolute Gasteiger partial charge is 0.226 e. The van der Waals surface area contributed by atoms with Gasteiger partial charge >= 0.3 is 0 Å². The van der Waals surface area contributed by atoms with Gasteiger partial charge in [-0.1, -0.05) is 67.6 Å². The highest BCUT2D eigenvalue weighted by Crippen LogP contribution is 2.48. The Hall–Kier alpha value is -2.92. The Morgan fingerprint density at radius 3 is 2.62 bits per heavy atom. The average molecular weight is 429 g/mol. The van der Waals surface area contributed by atoms with E-state index in [1.54, 1.807) is 0 Å². The van der Waals surface area contributed by atoms with Crippen molar-refractivity contribution in [3.05, 3.63) is 78.0 Å². The van der Waals surface area contributed by atoms with Gasteiger partial charge in [0.15, 0.2) is 0 Å². The van der Waals surface area contributed by atoms with E-state index in [1.807, 2.05) is 30.5 Å². The summed E-state index contributed by atoms with van der Waals surface area (Å²) in [7, 11) is 0. The Balaban J connectivity index is 1.37. The van der Waals surface area contributed by atoms with Gasteiger partial charge in [0.05, 0.1) is 11.9 Å². The van der Waals surface area contributed by atoms with Crippen molar-refractivity contribution in [2.45, 2.75) is 44.7 Å². The quantitative estimate of drug-likeness (QED) is 0.566. The summed E-state index contributed by atoms with van der Waals surface area (Å²) >= 11 is 0. The van der Waals surface area contributed by atoms with Crippen LogP contribution in [0.2, 0.25) is 0 Å². The van der Waals surface area contributed by atoms with Gasteiger partial charge in [0.2, 0.25) is 5.91 Å². The molecule has 1 aliphatic heterocycles. The summed E-state index contributed by atoms with van der Waals surface area (Å²) in [4.78, 5) is 18.4. The maximum atomic E-state index is 13.7. The molecule has 32 heavy (non-hydrogen) atoms. The second kappa shape index (κ2) is 9.29. The van der Waals surface area contributed by atoms with E-state index >= 15 is 0 Å². The summed E-state index contributed by atoms with van der Waals surface area (Å²) in [6.45, 7) is 5.81. The molecule has 2 aliphatic rings. The zero-order valence-electron chi connectivity index (χ0n) is 18.8. The van der Waals surface area contributed by atoms with Gasteiger partial charge in [-0.2, -0.15) is 5.10 Å². The number of carbonyl (C=O) groups is 1. The van der Waals surface area contributed by atoms with E-state index in [0.717, 1.165) is 42.9 Å². The molecule has 0 radical (unpaired) electrons. The number of H-pyrrole nitrogens is 1. The van der Waals surface area contributed by atoms with Gasteiger partial charge in [-0.25, -0.2) is 0 Å². The number of likely N-dealkylation sites (N-methyl/N-ethyl adjacent to an activating group) is 1. The van der Waals surface area contributed by atoms with Crippen molar-refractivity contribution in [2.24, 2.45) is 5.92 Å². The second-order valence-corrected chi connectivity index (χ2v) is 9.14. The van der Waals surface area contributed by atoms with Crippen LogP contribution in [0.3, 0.4) is 0 Å². The molecule has 5 heteroatoms. The molecule has 1 aliphatic carbocycles. The Kier molecular flexibility index (Phi) is 6.08. The van der Waals surface area contributed by atoms with Crippen LogP contribution >= 0.6 is 0 Å². The third-order valence-electron chi connectivity index (χ3n) is 7.12. The molecule has 1 saturated heterocycles. The van der Waals surface area contributed by atoms with Crippen LogP contribution in [0.15, 0.2) is 66.9 Å². The zero-order valence-corrected chi connectivity index (χ0v) is 18.8. The standard InChI is InChI=1S/C27H32N4O/c1-2-30-15-9-14-23(30)19-31(27(32)25-16-24(25)20-10-5-3-6-11-20)18-22-17-28-29-26(22)21-12-7-4-8-13-21/h3-8,10-13,17,23-25H,2,9,14-16,18-19H2,1H3,(H,28,29).